The second-order valence-electron chi connectivity index (χ2n) is 4.93. The summed E-state index contributed by atoms with van der Waals surface area (Å²) in [6.07, 6.45) is 1.79. The van der Waals surface area contributed by atoms with Crippen molar-refractivity contribution in [1.29, 1.82) is 0 Å². The van der Waals surface area contributed by atoms with Gasteiger partial charge in [-0.05, 0) is 39.0 Å². The molecule has 0 bridgehead atoms. The molecule has 0 aromatic carbocycles. The molecule has 0 amide bonds. The van der Waals surface area contributed by atoms with Crippen molar-refractivity contribution in [3.8, 4) is 0 Å². The lowest BCUT2D eigenvalue weighted by molar-refractivity contribution is 0.0331. The van der Waals surface area contributed by atoms with Crippen molar-refractivity contribution in [2.45, 2.75) is 39.5 Å². The minimum Gasteiger partial charge on any atom is -0.463 e. The number of nitrogens with one attached hydrogen (secondary N) is 1. The minimum absolute atomic E-state index is 0.425. The number of furan rings is 1. The molecule has 0 saturated heterocycles. The van der Waals surface area contributed by atoms with Crippen LogP contribution in [-0.2, 0) is 18.7 Å². The van der Waals surface area contributed by atoms with Crippen molar-refractivity contribution in [2.24, 2.45) is 0 Å². The first-order chi connectivity index (χ1) is 9.03. The summed E-state index contributed by atoms with van der Waals surface area (Å²) >= 11 is 0. The lowest BCUT2D eigenvalue weighted by atomic mass is 10.0. The van der Waals surface area contributed by atoms with Gasteiger partial charge >= 0.3 is 0 Å². The average molecular weight is 263 g/mol. The number of aliphatic hydroxyl groups is 1. The van der Waals surface area contributed by atoms with Gasteiger partial charge in [-0.15, -0.1) is 0 Å². The maximum Gasteiger partial charge on any atom is 0.136 e. The van der Waals surface area contributed by atoms with Crippen molar-refractivity contribution >= 4 is 0 Å². The summed E-state index contributed by atoms with van der Waals surface area (Å²) in [6, 6.07) is 5.64. The van der Waals surface area contributed by atoms with Crippen LogP contribution in [0.25, 0.3) is 0 Å². The Bertz CT molecular complexity index is 528. The molecule has 0 saturated carbocycles. The summed E-state index contributed by atoms with van der Waals surface area (Å²) in [5, 5.41) is 17.8. The minimum atomic E-state index is -1.01. The number of nitrogens with zero attached hydrogens (tertiary/aromatic N) is 2. The van der Waals surface area contributed by atoms with Crippen molar-refractivity contribution in [3.05, 3.63) is 41.6 Å². The zero-order valence-electron chi connectivity index (χ0n) is 11.7. The zero-order valence-corrected chi connectivity index (χ0v) is 11.7. The van der Waals surface area contributed by atoms with E-state index in [1.807, 2.05) is 29.8 Å². The molecule has 2 aromatic rings. The van der Waals surface area contributed by atoms with Crippen LogP contribution in [0, 0.1) is 6.92 Å². The van der Waals surface area contributed by atoms with Gasteiger partial charge in [0.05, 0.1) is 5.69 Å². The molecule has 19 heavy (non-hydrogen) atoms. The van der Waals surface area contributed by atoms with E-state index >= 15 is 0 Å². The number of rotatable bonds is 6. The maximum atomic E-state index is 10.4. The van der Waals surface area contributed by atoms with Crippen molar-refractivity contribution in [2.75, 3.05) is 6.54 Å². The smallest absolute Gasteiger partial charge is 0.136 e. The number of aryl methyl sites for hydroxylation is 2. The van der Waals surface area contributed by atoms with Gasteiger partial charge < -0.3 is 14.8 Å². The summed E-state index contributed by atoms with van der Waals surface area (Å²) < 4.78 is 7.40. The first kappa shape index (κ1) is 13.8. The molecule has 104 valence electrons. The fourth-order valence-electron chi connectivity index (χ4n) is 2.04. The molecule has 2 heterocycles. The van der Waals surface area contributed by atoms with Crippen LogP contribution < -0.4 is 5.32 Å². The van der Waals surface area contributed by atoms with Gasteiger partial charge in [-0.1, -0.05) is 0 Å². The molecule has 0 spiro atoms. The summed E-state index contributed by atoms with van der Waals surface area (Å²) in [5.74, 6) is 1.39. The van der Waals surface area contributed by atoms with Crippen molar-refractivity contribution in [1.82, 2.24) is 15.1 Å². The molecule has 5 heteroatoms. The van der Waals surface area contributed by atoms with Gasteiger partial charge in [0.1, 0.15) is 17.1 Å². The SMILES string of the molecule is CCn1nccc1CNCC(C)(O)c1ccc(C)o1. The highest BCUT2D eigenvalue weighted by Gasteiger charge is 2.26. The van der Waals surface area contributed by atoms with Gasteiger partial charge in [0.2, 0.25) is 0 Å². The van der Waals surface area contributed by atoms with Crippen LogP contribution in [0.2, 0.25) is 0 Å². The van der Waals surface area contributed by atoms with E-state index in [4.69, 9.17) is 4.42 Å². The lowest BCUT2D eigenvalue weighted by Crippen LogP contribution is -2.35. The van der Waals surface area contributed by atoms with Crippen LogP contribution in [0.3, 0.4) is 0 Å². The molecule has 0 radical (unpaired) electrons. The Hall–Kier alpha value is -1.59. The van der Waals surface area contributed by atoms with Gasteiger partial charge in [0.25, 0.3) is 0 Å². The van der Waals surface area contributed by atoms with Crippen LogP contribution in [0.1, 0.15) is 31.1 Å². The quantitative estimate of drug-likeness (QED) is 0.834. The fourth-order valence-corrected chi connectivity index (χ4v) is 2.04. The van der Waals surface area contributed by atoms with Crippen LogP contribution in [0.5, 0.6) is 0 Å². The third-order valence-electron chi connectivity index (χ3n) is 3.15. The van der Waals surface area contributed by atoms with E-state index in [0.717, 1.165) is 18.0 Å². The van der Waals surface area contributed by atoms with Gasteiger partial charge in [-0.2, -0.15) is 5.10 Å². The highest BCUT2D eigenvalue weighted by Crippen LogP contribution is 2.21. The van der Waals surface area contributed by atoms with Gasteiger partial charge in [0, 0.05) is 25.8 Å². The Kier molecular flexibility index (Phi) is 4.07. The van der Waals surface area contributed by atoms with Gasteiger partial charge in [-0.3, -0.25) is 4.68 Å². The van der Waals surface area contributed by atoms with E-state index in [0.29, 0.717) is 18.8 Å². The zero-order chi connectivity index (χ0) is 13.9. The maximum absolute atomic E-state index is 10.4. The number of aromatic nitrogens is 2. The largest absolute Gasteiger partial charge is 0.463 e. The van der Waals surface area contributed by atoms with Gasteiger partial charge in [0.15, 0.2) is 0 Å². The van der Waals surface area contributed by atoms with E-state index in [1.54, 1.807) is 13.1 Å². The van der Waals surface area contributed by atoms with Crippen molar-refractivity contribution in [3.63, 3.8) is 0 Å². The summed E-state index contributed by atoms with van der Waals surface area (Å²) in [7, 11) is 0. The topological polar surface area (TPSA) is 63.2 Å². The van der Waals surface area contributed by atoms with Crippen LogP contribution in [0.4, 0.5) is 0 Å². The molecule has 2 N–H and O–H groups in total. The Morgan fingerprint density at radius 3 is 2.84 bits per heavy atom. The third-order valence-corrected chi connectivity index (χ3v) is 3.15. The molecular weight excluding hydrogens is 242 g/mol. The molecule has 5 nitrogen and oxygen atoms in total. The second kappa shape index (κ2) is 5.59. The molecule has 2 aromatic heterocycles. The first-order valence-corrected chi connectivity index (χ1v) is 6.53. The summed E-state index contributed by atoms with van der Waals surface area (Å²) in [5.41, 5.74) is 0.0969. The monoisotopic (exact) mass is 263 g/mol. The standard InChI is InChI=1S/C14H21N3O2/c1-4-17-12(7-8-16-17)9-15-10-14(3,18)13-6-5-11(2)19-13/h5-8,15,18H,4,9-10H2,1-3H3. The Balaban J connectivity index is 1.91. The summed E-state index contributed by atoms with van der Waals surface area (Å²) in [6.45, 7) is 7.61. The molecule has 0 fully saturated rings. The summed E-state index contributed by atoms with van der Waals surface area (Å²) in [4.78, 5) is 0. The van der Waals surface area contributed by atoms with Crippen molar-refractivity contribution < 1.29 is 9.52 Å². The Morgan fingerprint density at radius 1 is 1.42 bits per heavy atom. The molecule has 0 aliphatic rings. The van der Waals surface area contributed by atoms with E-state index in [2.05, 4.69) is 17.3 Å². The number of hydrogen-bond donors (Lipinski definition) is 2. The highest BCUT2D eigenvalue weighted by atomic mass is 16.4. The van der Waals surface area contributed by atoms with Crippen LogP contribution in [0.15, 0.2) is 28.8 Å². The molecule has 2 rings (SSSR count). The molecular formula is C14H21N3O2. The van der Waals surface area contributed by atoms with Gasteiger partial charge in [-0.25, -0.2) is 0 Å². The van der Waals surface area contributed by atoms with E-state index in [9.17, 15) is 5.11 Å². The molecule has 1 atom stereocenters. The molecule has 0 aliphatic heterocycles. The third kappa shape index (κ3) is 3.24. The predicted octanol–water partition coefficient (Wildman–Crippen LogP) is 1.80. The first-order valence-electron chi connectivity index (χ1n) is 6.53. The average Bonchev–Trinajstić information content (AvgIpc) is 2.97. The molecule has 0 aliphatic carbocycles. The molecule has 1 unspecified atom stereocenters. The van der Waals surface area contributed by atoms with Crippen LogP contribution >= 0.6 is 0 Å². The van der Waals surface area contributed by atoms with E-state index < -0.39 is 5.60 Å². The normalized spacial score (nSPS) is 14.5. The Morgan fingerprint density at radius 2 is 2.21 bits per heavy atom. The lowest BCUT2D eigenvalue weighted by Gasteiger charge is -2.21. The van der Waals surface area contributed by atoms with E-state index in [1.165, 1.54) is 0 Å². The fraction of sp³-hybridized carbons (Fsp3) is 0.500. The number of hydrogen-bond acceptors (Lipinski definition) is 4. The van der Waals surface area contributed by atoms with Crippen LogP contribution in [-0.4, -0.2) is 21.4 Å². The predicted molar refractivity (Wildman–Crippen MR) is 72.6 cm³/mol. The van der Waals surface area contributed by atoms with E-state index in [-0.39, 0.29) is 0 Å². The Labute approximate surface area is 113 Å². The second-order valence-corrected chi connectivity index (χ2v) is 4.93. The highest BCUT2D eigenvalue weighted by molar-refractivity contribution is 5.13.